The summed E-state index contributed by atoms with van der Waals surface area (Å²) in [5.74, 6) is -1.24. The summed E-state index contributed by atoms with van der Waals surface area (Å²) >= 11 is 0. The highest BCUT2D eigenvalue weighted by Crippen LogP contribution is 2.30. The minimum absolute atomic E-state index is 0.0515. The Bertz CT molecular complexity index is 581. The van der Waals surface area contributed by atoms with Crippen molar-refractivity contribution in [1.29, 1.82) is 0 Å². The number of aliphatic carboxylic acids is 2. The molecule has 0 aromatic carbocycles. The van der Waals surface area contributed by atoms with Crippen molar-refractivity contribution in [2.75, 3.05) is 39.4 Å². The predicted molar refractivity (Wildman–Crippen MR) is 126 cm³/mol. The highest BCUT2D eigenvalue weighted by molar-refractivity contribution is 5.75. The molecule has 2 saturated carbocycles. The van der Waals surface area contributed by atoms with E-state index in [1.54, 1.807) is 4.90 Å². The molecule has 0 saturated heterocycles. The van der Waals surface area contributed by atoms with Crippen molar-refractivity contribution in [3.05, 3.63) is 0 Å². The Morgan fingerprint density at radius 2 is 1.32 bits per heavy atom. The Balaban J connectivity index is 2.09. The molecule has 198 valence electrons. The van der Waals surface area contributed by atoms with Crippen molar-refractivity contribution in [2.45, 2.75) is 89.1 Å². The van der Waals surface area contributed by atoms with Gasteiger partial charge in [0.25, 0.3) is 0 Å². The van der Waals surface area contributed by atoms with Crippen LogP contribution in [0, 0.1) is 11.8 Å². The van der Waals surface area contributed by atoms with Crippen LogP contribution in [0.2, 0.25) is 0 Å². The first kappa shape index (κ1) is 28.9. The van der Waals surface area contributed by atoms with E-state index in [2.05, 4.69) is 9.78 Å². The number of carbonyl (C=O) groups is 2. The lowest BCUT2D eigenvalue weighted by Crippen LogP contribution is -2.51. The maximum atomic E-state index is 12.2. The van der Waals surface area contributed by atoms with Gasteiger partial charge in [0.1, 0.15) is 6.04 Å². The van der Waals surface area contributed by atoms with E-state index >= 15 is 0 Å². The van der Waals surface area contributed by atoms with E-state index in [0.29, 0.717) is 31.3 Å². The lowest BCUT2D eigenvalue weighted by molar-refractivity contribution is -0.259. The largest absolute Gasteiger partial charge is 0.480 e. The van der Waals surface area contributed by atoms with E-state index < -0.39 is 18.0 Å². The second-order valence-corrected chi connectivity index (χ2v) is 10.0. The van der Waals surface area contributed by atoms with Crippen molar-refractivity contribution in [3.63, 3.8) is 0 Å². The molecule has 0 amide bonds. The molecule has 10 heteroatoms. The molecule has 2 aliphatic carbocycles. The number of nitrogens with zero attached hydrogens (tertiary/aromatic N) is 2. The van der Waals surface area contributed by atoms with Crippen LogP contribution >= 0.6 is 0 Å². The molecular weight excluding hydrogens is 444 g/mol. The molecule has 2 aliphatic rings. The van der Waals surface area contributed by atoms with Gasteiger partial charge in [-0.15, -0.1) is 0 Å². The van der Waals surface area contributed by atoms with Gasteiger partial charge < -0.3 is 10.2 Å². The predicted octanol–water partition coefficient (Wildman–Crippen LogP) is 3.42. The summed E-state index contributed by atoms with van der Waals surface area (Å²) in [7, 11) is 0. The van der Waals surface area contributed by atoms with Gasteiger partial charge in [-0.25, -0.2) is 9.78 Å². The van der Waals surface area contributed by atoms with Crippen molar-refractivity contribution < 1.29 is 40.1 Å². The van der Waals surface area contributed by atoms with Crippen LogP contribution in [0.1, 0.15) is 77.0 Å². The summed E-state index contributed by atoms with van der Waals surface area (Å²) in [6.45, 7) is 0.775. The zero-order valence-electron chi connectivity index (χ0n) is 20.4. The van der Waals surface area contributed by atoms with E-state index in [0.717, 1.165) is 44.9 Å². The van der Waals surface area contributed by atoms with Crippen LogP contribution in [0.4, 0.5) is 0 Å². The van der Waals surface area contributed by atoms with Crippen molar-refractivity contribution >= 4 is 11.9 Å². The third-order valence-corrected chi connectivity index (χ3v) is 7.60. The van der Waals surface area contributed by atoms with Gasteiger partial charge in [-0.2, -0.15) is 0 Å². The second kappa shape index (κ2) is 16.4. The molecule has 0 spiro atoms. The van der Waals surface area contributed by atoms with Crippen molar-refractivity contribution in [2.24, 2.45) is 11.8 Å². The second-order valence-electron chi connectivity index (χ2n) is 10.0. The SMILES string of the molecule is O=C(O)CN(CCN(CCOO)C(COO)CC1CCCCC1)C(CC1CCCCC1)C(=O)O. The molecular formula is C24H44N2O8. The fraction of sp³-hybridized carbons (Fsp3) is 0.917. The minimum Gasteiger partial charge on any atom is -0.480 e. The Morgan fingerprint density at radius 3 is 1.82 bits per heavy atom. The summed E-state index contributed by atoms with van der Waals surface area (Å²) in [5.41, 5.74) is 0. The van der Waals surface area contributed by atoms with E-state index in [1.807, 2.05) is 4.90 Å². The Morgan fingerprint density at radius 1 is 0.765 bits per heavy atom. The van der Waals surface area contributed by atoms with E-state index in [1.165, 1.54) is 25.7 Å². The van der Waals surface area contributed by atoms with Gasteiger partial charge in [-0.3, -0.25) is 29.9 Å². The van der Waals surface area contributed by atoms with Gasteiger partial charge >= 0.3 is 11.9 Å². The third kappa shape index (κ3) is 10.5. The fourth-order valence-corrected chi connectivity index (χ4v) is 5.77. The molecule has 10 nitrogen and oxygen atoms in total. The van der Waals surface area contributed by atoms with Gasteiger partial charge in [0, 0.05) is 25.7 Å². The first-order valence-electron chi connectivity index (χ1n) is 12.9. The zero-order chi connectivity index (χ0) is 24.8. The zero-order valence-corrected chi connectivity index (χ0v) is 20.4. The summed E-state index contributed by atoms with van der Waals surface area (Å²) in [4.78, 5) is 36.1. The molecule has 0 aromatic rings. The fourth-order valence-electron chi connectivity index (χ4n) is 5.77. The van der Waals surface area contributed by atoms with Gasteiger partial charge in [0.15, 0.2) is 0 Å². The summed E-state index contributed by atoms with van der Waals surface area (Å²) in [6.07, 6.45) is 12.5. The summed E-state index contributed by atoms with van der Waals surface area (Å²) in [5, 5.41) is 37.6. The van der Waals surface area contributed by atoms with E-state index in [9.17, 15) is 25.1 Å². The van der Waals surface area contributed by atoms with Gasteiger partial charge in [-0.1, -0.05) is 64.2 Å². The Labute approximate surface area is 202 Å². The molecule has 0 aromatic heterocycles. The molecule has 34 heavy (non-hydrogen) atoms. The third-order valence-electron chi connectivity index (χ3n) is 7.60. The first-order chi connectivity index (χ1) is 16.4. The monoisotopic (exact) mass is 488 g/mol. The topological polar surface area (TPSA) is 140 Å². The average Bonchev–Trinajstić information content (AvgIpc) is 2.82. The molecule has 0 radical (unpaired) electrons. The van der Waals surface area contributed by atoms with Crippen LogP contribution in [0.5, 0.6) is 0 Å². The number of carboxylic acids is 2. The molecule has 2 fully saturated rings. The van der Waals surface area contributed by atoms with Gasteiger partial charge in [0.2, 0.25) is 0 Å². The van der Waals surface area contributed by atoms with Crippen molar-refractivity contribution in [3.8, 4) is 0 Å². The summed E-state index contributed by atoms with van der Waals surface area (Å²) < 4.78 is 0. The standard InChI is InChI=1S/C24H44N2O8/c27-23(28)17-26(22(24(29)30)16-20-9-5-2-6-10-20)12-11-25(13-14-33-31)21(18-34-32)15-19-7-3-1-4-8-19/h19-22,31-32H,1-18H2,(H,27,28)(H,29,30). The van der Waals surface area contributed by atoms with Crippen LogP contribution in [-0.2, 0) is 19.4 Å². The Hall–Kier alpha value is -1.30. The number of rotatable bonds is 17. The van der Waals surface area contributed by atoms with Gasteiger partial charge in [0.05, 0.1) is 19.8 Å². The maximum absolute atomic E-state index is 12.2. The van der Waals surface area contributed by atoms with Crippen LogP contribution in [0.15, 0.2) is 0 Å². The lowest BCUT2D eigenvalue weighted by atomic mass is 9.84. The van der Waals surface area contributed by atoms with Crippen molar-refractivity contribution in [1.82, 2.24) is 9.80 Å². The molecule has 2 atom stereocenters. The molecule has 4 N–H and O–H groups in total. The quantitative estimate of drug-likeness (QED) is 0.178. The Kier molecular flexibility index (Phi) is 13.9. The van der Waals surface area contributed by atoms with Gasteiger partial charge in [-0.05, 0) is 24.7 Å². The normalized spacial score (nSPS) is 20.0. The smallest absolute Gasteiger partial charge is 0.320 e. The molecule has 0 aliphatic heterocycles. The summed E-state index contributed by atoms with van der Waals surface area (Å²) in [6, 6.07) is -1.00. The molecule has 0 bridgehead atoms. The molecule has 0 heterocycles. The average molecular weight is 489 g/mol. The number of hydrogen-bond acceptors (Lipinski definition) is 8. The van der Waals surface area contributed by atoms with Crippen LogP contribution in [-0.4, -0.2) is 93.9 Å². The molecule has 2 unspecified atom stereocenters. The highest BCUT2D eigenvalue weighted by atomic mass is 17.1. The first-order valence-corrected chi connectivity index (χ1v) is 12.9. The van der Waals surface area contributed by atoms with Crippen LogP contribution < -0.4 is 0 Å². The maximum Gasteiger partial charge on any atom is 0.320 e. The van der Waals surface area contributed by atoms with E-state index in [-0.39, 0.29) is 32.3 Å². The lowest BCUT2D eigenvalue weighted by Gasteiger charge is -2.37. The van der Waals surface area contributed by atoms with Crippen LogP contribution in [0.3, 0.4) is 0 Å². The number of hydrogen-bond donors (Lipinski definition) is 4. The van der Waals surface area contributed by atoms with Crippen LogP contribution in [0.25, 0.3) is 0 Å². The van der Waals surface area contributed by atoms with E-state index in [4.69, 9.17) is 5.26 Å². The molecule has 2 rings (SSSR count). The minimum atomic E-state index is -1.06. The number of carboxylic acid groups (broad SMARTS) is 2. The highest BCUT2D eigenvalue weighted by Gasteiger charge is 2.32.